The molecular formula is C11H7ClN2. The predicted octanol–water partition coefficient (Wildman–Crippen LogP) is 3.08. The number of nitriles is 2. The Bertz CT molecular complexity index is 445. The van der Waals surface area contributed by atoms with Gasteiger partial charge in [-0.25, -0.2) is 0 Å². The van der Waals surface area contributed by atoms with E-state index in [4.69, 9.17) is 22.1 Å². The van der Waals surface area contributed by atoms with E-state index in [0.29, 0.717) is 5.02 Å². The molecule has 0 atom stereocenters. The van der Waals surface area contributed by atoms with Gasteiger partial charge in [0.25, 0.3) is 0 Å². The molecule has 0 amide bonds. The van der Waals surface area contributed by atoms with E-state index >= 15 is 0 Å². The predicted molar refractivity (Wildman–Crippen MR) is 55.4 cm³/mol. The minimum absolute atomic E-state index is 0.0740. The quantitative estimate of drug-likeness (QED) is 0.657. The van der Waals surface area contributed by atoms with E-state index in [1.54, 1.807) is 18.2 Å². The zero-order valence-electron chi connectivity index (χ0n) is 7.58. The van der Waals surface area contributed by atoms with Crippen molar-refractivity contribution in [3.05, 3.63) is 39.9 Å². The van der Waals surface area contributed by atoms with Gasteiger partial charge in [-0.1, -0.05) is 23.7 Å². The van der Waals surface area contributed by atoms with Gasteiger partial charge in [-0.15, -0.1) is 0 Å². The lowest BCUT2D eigenvalue weighted by atomic mass is 10.1. The van der Waals surface area contributed by atoms with Crippen molar-refractivity contribution in [3.8, 4) is 12.1 Å². The van der Waals surface area contributed by atoms with E-state index in [1.165, 1.54) is 6.08 Å². The highest BCUT2D eigenvalue weighted by Gasteiger charge is 1.97. The molecule has 0 radical (unpaired) electrons. The van der Waals surface area contributed by atoms with Crippen molar-refractivity contribution in [3.63, 3.8) is 0 Å². The van der Waals surface area contributed by atoms with E-state index < -0.39 is 0 Å². The number of hydrogen-bond acceptors (Lipinski definition) is 2. The molecule has 0 aliphatic heterocycles. The third kappa shape index (κ3) is 2.36. The fourth-order valence-corrected chi connectivity index (χ4v) is 1.14. The first-order chi connectivity index (χ1) is 6.67. The molecule has 3 heteroatoms. The lowest BCUT2D eigenvalue weighted by Gasteiger charge is -1.98. The molecule has 0 unspecified atom stereocenters. The van der Waals surface area contributed by atoms with Gasteiger partial charge in [0.05, 0.1) is 0 Å². The fraction of sp³-hybridized carbons (Fsp3) is 0.0909. The third-order valence-electron chi connectivity index (χ3n) is 1.75. The summed E-state index contributed by atoms with van der Waals surface area (Å²) in [5.74, 6) is 0. The van der Waals surface area contributed by atoms with Gasteiger partial charge in [-0.2, -0.15) is 10.5 Å². The van der Waals surface area contributed by atoms with Gasteiger partial charge in [0.2, 0.25) is 0 Å². The third-order valence-corrected chi connectivity index (χ3v) is 2.15. The van der Waals surface area contributed by atoms with Crippen LogP contribution in [0.4, 0.5) is 0 Å². The minimum Gasteiger partial charge on any atom is -0.192 e. The van der Waals surface area contributed by atoms with Gasteiger partial charge >= 0.3 is 0 Å². The molecule has 0 saturated heterocycles. The molecule has 0 saturated carbocycles. The van der Waals surface area contributed by atoms with Crippen molar-refractivity contribution < 1.29 is 0 Å². The Morgan fingerprint density at radius 3 is 2.50 bits per heavy atom. The summed E-state index contributed by atoms with van der Waals surface area (Å²) in [5.41, 5.74) is 1.81. The molecule has 0 aromatic heterocycles. The van der Waals surface area contributed by atoms with Crippen molar-refractivity contribution in [2.75, 3.05) is 0 Å². The molecule has 0 bridgehead atoms. The number of nitrogens with zero attached hydrogens (tertiary/aromatic N) is 2. The van der Waals surface area contributed by atoms with Crippen LogP contribution in [0.5, 0.6) is 0 Å². The van der Waals surface area contributed by atoms with Crippen molar-refractivity contribution >= 4 is 17.7 Å². The zero-order chi connectivity index (χ0) is 10.6. The van der Waals surface area contributed by atoms with Gasteiger partial charge in [0.15, 0.2) is 0 Å². The lowest BCUT2D eigenvalue weighted by molar-refractivity contribution is 1.45. The maximum Gasteiger partial charge on any atom is 0.130 e. The van der Waals surface area contributed by atoms with E-state index in [9.17, 15) is 0 Å². The van der Waals surface area contributed by atoms with Gasteiger partial charge in [0.1, 0.15) is 17.7 Å². The number of benzene rings is 1. The molecule has 14 heavy (non-hydrogen) atoms. The maximum absolute atomic E-state index is 8.54. The Kier molecular flexibility index (Phi) is 3.29. The van der Waals surface area contributed by atoms with Crippen LogP contribution in [0.2, 0.25) is 5.02 Å². The van der Waals surface area contributed by atoms with Gasteiger partial charge in [0, 0.05) is 5.02 Å². The maximum atomic E-state index is 8.54. The van der Waals surface area contributed by atoms with Crippen LogP contribution in [-0.2, 0) is 0 Å². The summed E-state index contributed by atoms with van der Waals surface area (Å²) in [4.78, 5) is 0. The SMILES string of the molecule is Cc1ccc(C=C(C#N)C#N)cc1Cl. The monoisotopic (exact) mass is 202 g/mol. The Morgan fingerprint density at radius 2 is 2.00 bits per heavy atom. The summed E-state index contributed by atoms with van der Waals surface area (Å²) < 4.78 is 0. The largest absolute Gasteiger partial charge is 0.192 e. The van der Waals surface area contributed by atoms with Crippen molar-refractivity contribution in [2.24, 2.45) is 0 Å². The zero-order valence-corrected chi connectivity index (χ0v) is 8.34. The molecular weight excluding hydrogens is 196 g/mol. The number of halogens is 1. The molecule has 0 aliphatic carbocycles. The molecule has 0 aliphatic rings. The topological polar surface area (TPSA) is 47.6 Å². The minimum atomic E-state index is 0.0740. The average molecular weight is 203 g/mol. The van der Waals surface area contributed by atoms with Crippen LogP contribution in [-0.4, -0.2) is 0 Å². The lowest BCUT2D eigenvalue weighted by Crippen LogP contribution is -1.79. The number of aryl methyl sites for hydroxylation is 1. The van der Waals surface area contributed by atoms with Crippen LogP contribution < -0.4 is 0 Å². The molecule has 1 rings (SSSR count). The summed E-state index contributed by atoms with van der Waals surface area (Å²) in [6.07, 6.45) is 1.51. The second-order valence-corrected chi connectivity index (χ2v) is 3.20. The molecule has 1 aromatic carbocycles. The normalized spacial score (nSPS) is 8.57. The molecule has 0 N–H and O–H groups in total. The van der Waals surface area contributed by atoms with Gasteiger partial charge in [-0.3, -0.25) is 0 Å². The summed E-state index contributed by atoms with van der Waals surface area (Å²) in [6, 6.07) is 8.97. The molecule has 2 nitrogen and oxygen atoms in total. The van der Waals surface area contributed by atoms with Crippen LogP contribution in [0.25, 0.3) is 6.08 Å². The molecule has 68 valence electrons. The first-order valence-corrected chi connectivity index (χ1v) is 4.33. The summed E-state index contributed by atoms with van der Waals surface area (Å²) >= 11 is 5.89. The Morgan fingerprint density at radius 1 is 1.36 bits per heavy atom. The highest BCUT2D eigenvalue weighted by atomic mass is 35.5. The number of allylic oxidation sites excluding steroid dienone is 1. The fourth-order valence-electron chi connectivity index (χ4n) is 0.955. The Balaban J connectivity index is 3.13. The van der Waals surface area contributed by atoms with Gasteiger partial charge in [-0.05, 0) is 30.2 Å². The van der Waals surface area contributed by atoms with Crippen molar-refractivity contribution in [2.45, 2.75) is 6.92 Å². The van der Waals surface area contributed by atoms with E-state index in [1.807, 2.05) is 19.1 Å². The first-order valence-electron chi connectivity index (χ1n) is 3.95. The Hall–Kier alpha value is -1.77. The average Bonchev–Trinajstić information content (AvgIpc) is 2.19. The van der Waals surface area contributed by atoms with Crippen LogP contribution in [0.15, 0.2) is 23.8 Å². The summed E-state index contributed by atoms with van der Waals surface area (Å²) in [5, 5.41) is 17.7. The van der Waals surface area contributed by atoms with Crippen LogP contribution >= 0.6 is 11.6 Å². The van der Waals surface area contributed by atoms with Crippen LogP contribution in [0.1, 0.15) is 11.1 Å². The molecule has 1 aromatic rings. The summed E-state index contributed by atoms with van der Waals surface area (Å²) in [6.45, 7) is 1.89. The van der Waals surface area contributed by atoms with Crippen LogP contribution in [0, 0.1) is 29.6 Å². The van der Waals surface area contributed by atoms with E-state index in [2.05, 4.69) is 0 Å². The highest BCUT2D eigenvalue weighted by molar-refractivity contribution is 6.31. The number of hydrogen-bond donors (Lipinski definition) is 0. The summed E-state index contributed by atoms with van der Waals surface area (Å²) in [7, 11) is 0. The van der Waals surface area contributed by atoms with Crippen molar-refractivity contribution in [1.82, 2.24) is 0 Å². The second kappa shape index (κ2) is 4.46. The number of rotatable bonds is 1. The van der Waals surface area contributed by atoms with Gasteiger partial charge < -0.3 is 0 Å². The van der Waals surface area contributed by atoms with E-state index in [-0.39, 0.29) is 5.57 Å². The van der Waals surface area contributed by atoms with E-state index in [0.717, 1.165) is 11.1 Å². The van der Waals surface area contributed by atoms with Crippen LogP contribution in [0.3, 0.4) is 0 Å². The highest BCUT2D eigenvalue weighted by Crippen LogP contribution is 2.18. The Labute approximate surface area is 87.7 Å². The molecule has 0 fully saturated rings. The van der Waals surface area contributed by atoms with Crippen molar-refractivity contribution in [1.29, 1.82) is 10.5 Å². The molecule has 0 heterocycles. The standard InChI is InChI=1S/C11H7ClN2/c1-8-2-3-9(5-11(8)12)4-10(6-13)7-14/h2-5H,1H3. The second-order valence-electron chi connectivity index (χ2n) is 2.79. The molecule has 0 spiro atoms. The smallest absolute Gasteiger partial charge is 0.130 e. The first kappa shape index (κ1) is 10.3.